The second-order valence-corrected chi connectivity index (χ2v) is 6.69. The fraction of sp³-hybridized carbons (Fsp3) is 0.600. The van der Waals surface area contributed by atoms with Crippen molar-refractivity contribution in [3.63, 3.8) is 0 Å². The lowest BCUT2D eigenvalue weighted by molar-refractivity contribution is -0.132. The molecule has 1 atom stereocenters. The van der Waals surface area contributed by atoms with Crippen LogP contribution in [0, 0.1) is 0 Å². The van der Waals surface area contributed by atoms with Crippen LogP contribution in [-0.4, -0.2) is 45.9 Å². The molecule has 6 heteroatoms. The van der Waals surface area contributed by atoms with Crippen molar-refractivity contribution < 1.29 is 4.79 Å². The number of pyridine rings is 1. The highest BCUT2D eigenvalue weighted by Gasteiger charge is 2.33. The second kappa shape index (κ2) is 8.01. The van der Waals surface area contributed by atoms with E-state index < -0.39 is 0 Å². The van der Waals surface area contributed by atoms with Crippen molar-refractivity contribution in [1.29, 1.82) is 0 Å². The van der Waals surface area contributed by atoms with E-state index in [2.05, 4.69) is 15.2 Å². The van der Waals surface area contributed by atoms with Crippen LogP contribution in [0.25, 0.3) is 0 Å². The zero-order valence-corrected chi connectivity index (χ0v) is 13.7. The van der Waals surface area contributed by atoms with Crippen molar-refractivity contribution in [3.8, 4) is 0 Å². The minimum Gasteiger partial charge on any atom is -0.335 e. The molecule has 0 radical (unpaired) electrons. The van der Waals surface area contributed by atoms with Gasteiger partial charge in [0.15, 0.2) is 0 Å². The summed E-state index contributed by atoms with van der Waals surface area (Å²) < 4.78 is 0. The van der Waals surface area contributed by atoms with Crippen molar-refractivity contribution in [1.82, 2.24) is 15.2 Å². The Hall–Kier alpha value is -0.780. The van der Waals surface area contributed by atoms with Crippen molar-refractivity contribution in [2.24, 2.45) is 0 Å². The quantitative estimate of drug-likeness (QED) is 0.899. The van der Waals surface area contributed by atoms with E-state index in [0.29, 0.717) is 24.4 Å². The molecule has 1 saturated carbocycles. The number of halogens is 1. The first-order valence-corrected chi connectivity index (χ1v) is 8.48. The topological polar surface area (TPSA) is 45.2 Å². The van der Waals surface area contributed by atoms with E-state index >= 15 is 0 Å². The monoisotopic (exact) mass is 327 g/mol. The molecule has 0 aromatic carbocycles. The van der Waals surface area contributed by atoms with Crippen molar-refractivity contribution in [3.05, 3.63) is 30.1 Å². The highest BCUT2D eigenvalue weighted by molar-refractivity contribution is 7.99. The molecule has 3 rings (SSSR count). The number of carbonyl (C=O) groups excluding carboxylic acids is 1. The number of hydrogen-bond donors (Lipinski definition) is 1. The summed E-state index contributed by atoms with van der Waals surface area (Å²) in [5.74, 6) is 2.51. The standard InChI is InChI=1S/C15H21N3OS.ClH/c19-15(9-13-11-20-8-7-17-13)18(14-1-2-14)10-12-3-5-16-6-4-12;/h3-6,13-14,17H,1-2,7-11H2;1H. The lowest BCUT2D eigenvalue weighted by Gasteiger charge is -2.27. The van der Waals surface area contributed by atoms with Gasteiger partial charge in [-0.15, -0.1) is 12.4 Å². The van der Waals surface area contributed by atoms with Gasteiger partial charge in [-0.25, -0.2) is 0 Å². The largest absolute Gasteiger partial charge is 0.335 e. The molecular formula is C15H22ClN3OS. The summed E-state index contributed by atoms with van der Waals surface area (Å²) in [6.07, 6.45) is 6.54. The first-order valence-electron chi connectivity index (χ1n) is 7.32. The van der Waals surface area contributed by atoms with Crippen LogP contribution >= 0.6 is 24.2 Å². The molecule has 1 saturated heterocycles. The van der Waals surface area contributed by atoms with Gasteiger partial charge in [-0.2, -0.15) is 11.8 Å². The fourth-order valence-corrected chi connectivity index (χ4v) is 3.52. The summed E-state index contributed by atoms with van der Waals surface area (Å²) in [5, 5.41) is 3.45. The van der Waals surface area contributed by atoms with Gasteiger partial charge in [0.05, 0.1) is 0 Å². The second-order valence-electron chi connectivity index (χ2n) is 5.54. The number of hydrogen-bond acceptors (Lipinski definition) is 4. The number of aromatic nitrogens is 1. The summed E-state index contributed by atoms with van der Waals surface area (Å²) in [4.78, 5) is 18.7. The van der Waals surface area contributed by atoms with E-state index in [9.17, 15) is 4.79 Å². The van der Waals surface area contributed by atoms with E-state index in [-0.39, 0.29) is 12.4 Å². The minimum atomic E-state index is 0. The van der Waals surface area contributed by atoms with Crippen molar-refractivity contribution in [2.45, 2.75) is 37.9 Å². The molecule has 1 aliphatic carbocycles. The van der Waals surface area contributed by atoms with E-state index in [0.717, 1.165) is 37.4 Å². The highest BCUT2D eigenvalue weighted by atomic mass is 35.5. The Morgan fingerprint density at radius 2 is 2.14 bits per heavy atom. The van der Waals surface area contributed by atoms with Gasteiger partial charge in [0.25, 0.3) is 0 Å². The van der Waals surface area contributed by atoms with Crippen molar-refractivity contribution in [2.75, 3.05) is 18.1 Å². The number of nitrogens with one attached hydrogen (secondary N) is 1. The number of rotatable bonds is 5. The molecule has 1 N–H and O–H groups in total. The van der Waals surface area contributed by atoms with Crippen LogP contribution in [0.15, 0.2) is 24.5 Å². The van der Waals surface area contributed by atoms with Gasteiger partial charge >= 0.3 is 0 Å². The number of nitrogens with zero attached hydrogens (tertiary/aromatic N) is 2. The number of amides is 1. The molecule has 0 bridgehead atoms. The van der Waals surface area contributed by atoms with E-state index in [1.54, 1.807) is 12.4 Å². The molecule has 2 fully saturated rings. The Labute approximate surface area is 136 Å². The van der Waals surface area contributed by atoms with Gasteiger partial charge in [0.1, 0.15) is 0 Å². The average Bonchev–Trinajstić information content (AvgIpc) is 3.31. The first kappa shape index (κ1) is 16.6. The predicted molar refractivity (Wildman–Crippen MR) is 88.8 cm³/mol. The molecule has 0 spiro atoms. The van der Waals surface area contributed by atoms with Gasteiger partial charge < -0.3 is 10.2 Å². The molecule has 1 unspecified atom stereocenters. The Morgan fingerprint density at radius 3 is 2.76 bits per heavy atom. The minimum absolute atomic E-state index is 0. The van der Waals surface area contributed by atoms with Gasteiger partial charge in [-0.1, -0.05) is 0 Å². The lowest BCUT2D eigenvalue weighted by atomic mass is 10.2. The molecular weight excluding hydrogens is 306 g/mol. The molecule has 1 aromatic heterocycles. The van der Waals surface area contributed by atoms with E-state index in [4.69, 9.17) is 0 Å². The van der Waals surface area contributed by atoms with Crippen LogP contribution in [0.4, 0.5) is 0 Å². The molecule has 2 aliphatic rings. The molecule has 21 heavy (non-hydrogen) atoms. The van der Waals surface area contributed by atoms with Crippen LogP contribution in [0.3, 0.4) is 0 Å². The SMILES string of the molecule is Cl.O=C(CC1CSCCN1)N(Cc1ccncc1)C1CC1. The van der Waals surface area contributed by atoms with Gasteiger partial charge in [-0.3, -0.25) is 9.78 Å². The fourth-order valence-electron chi connectivity index (χ4n) is 2.57. The van der Waals surface area contributed by atoms with Gasteiger partial charge in [-0.05, 0) is 30.5 Å². The molecule has 1 aliphatic heterocycles. The molecule has 1 amide bonds. The third-order valence-corrected chi connectivity index (χ3v) is 4.96. The first-order chi connectivity index (χ1) is 9.83. The van der Waals surface area contributed by atoms with E-state index in [1.807, 2.05) is 23.9 Å². The molecule has 116 valence electrons. The Balaban J connectivity index is 0.00000161. The average molecular weight is 328 g/mol. The van der Waals surface area contributed by atoms with Crippen LogP contribution < -0.4 is 5.32 Å². The number of thioether (sulfide) groups is 1. The third-order valence-electron chi connectivity index (χ3n) is 3.83. The summed E-state index contributed by atoms with van der Waals surface area (Å²) in [6.45, 7) is 1.75. The van der Waals surface area contributed by atoms with Crippen LogP contribution in [-0.2, 0) is 11.3 Å². The summed E-state index contributed by atoms with van der Waals surface area (Å²) in [6, 6.07) is 4.81. The lowest BCUT2D eigenvalue weighted by Crippen LogP contribution is -2.43. The molecule has 1 aromatic rings. The number of carbonyl (C=O) groups is 1. The summed E-state index contributed by atoms with van der Waals surface area (Å²) in [7, 11) is 0. The van der Waals surface area contributed by atoms with Gasteiger partial charge in [0, 0.05) is 55.5 Å². The Kier molecular flexibility index (Phi) is 6.33. The maximum atomic E-state index is 12.6. The van der Waals surface area contributed by atoms with E-state index in [1.165, 1.54) is 5.56 Å². The maximum Gasteiger partial charge on any atom is 0.224 e. The Bertz CT molecular complexity index is 449. The van der Waals surface area contributed by atoms with Crippen LogP contribution in [0.2, 0.25) is 0 Å². The smallest absolute Gasteiger partial charge is 0.224 e. The normalized spacial score (nSPS) is 21.4. The third kappa shape index (κ3) is 4.87. The zero-order chi connectivity index (χ0) is 13.8. The summed E-state index contributed by atoms with van der Waals surface area (Å²) in [5.41, 5.74) is 1.17. The predicted octanol–water partition coefficient (Wildman–Crippen LogP) is 2.09. The van der Waals surface area contributed by atoms with Crippen LogP contribution in [0.5, 0.6) is 0 Å². The van der Waals surface area contributed by atoms with Crippen molar-refractivity contribution >= 4 is 30.1 Å². The maximum absolute atomic E-state index is 12.6. The Morgan fingerprint density at radius 1 is 1.38 bits per heavy atom. The molecule has 4 nitrogen and oxygen atoms in total. The highest BCUT2D eigenvalue weighted by Crippen LogP contribution is 2.29. The van der Waals surface area contributed by atoms with Gasteiger partial charge in [0.2, 0.25) is 5.91 Å². The van der Waals surface area contributed by atoms with Crippen LogP contribution in [0.1, 0.15) is 24.8 Å². The molecule has 2 heterocycles. The summed E-state index contributed by atoms with van der Waals surface area (Å²) >= 11 is 1.94. The zero-order valence-electron chi connectivity index (χ0n) is 12.0.